The Kier molecular flexibility index (Phi) is 5.67. The van der Waals surface area contributed by atoms with Gasteiger partial charge in [-0.15, -0.1) is 5.10 Å². The summed E-state index contributed by atoms with van der Waals surface area (Å²) in [6, 6.07) is 7.57. The first-order valence-electron chi connectivity index (χ1n) is 7.20. The Labute approximate surface area is 133 Å². The summed E-state index contributed by atoms with van der Waals surface area (Å²) in [6.45, 7) is 2.19. The highest BCUT2D eigenvalue weighted by molar-refractivity contribution is 5.89. The summed E-state index contributed by atoms with van der Waals surface area (Å²) in [7, 11) is 0. The second-order valence-electron chi connectivity index (χ2n) is 4.78. The van der Waals surface area contributed by atoms with Crippen LogP contribution in [0.15, 0.2) is 30.5 Å². The Morgan fingerprint density at radius 2 is 2.04 bits per heavy atom. The van der Waals surface area contributed by atoms with Crippen LogP contribution in [0.3, 0.4) is 0 Å². The van der Waals surface area contributed by atoms with Gasteiger partial charge in [-0.2, -0.15) is 9.90 Å². The summed E-state index contributed by atoms with van der Waals surface area (Å²) in [6.07, 6.45) is 2.19. The third-order valence-electron chi connectivity index (χ3n) is 2.96. The van der Waals surface area contributed by atoms with Crippen molar-refractivity contribution < 1.29 is 19.4 Å². The van der Waals surface area contributed by atoms with Crippen molar-refractivity contribution in [3.8, 4) is 5.75 Å². The maximum Gasteiger partial charge on any atom is 0.327 e. The van der Waals surface area contributed by atoms with Crippen LogP contribution < -0.4 is 10.1 Å². The van der Waals surface area contributed by atoms with Crippen molar-refractivity contribution in [2.75, 3.05) is 11.9 Å². The van der Waals surface area contributed by atoms with Crippen molar-refractivity contribution in [3.63, 3.8) is 0 Å². The molecule has 0 atom stereocenters. The lowest BCUT2D eigenvalue weighted by Crippen LogP contribution is -2.14. The molecule has 1 amide bonds. The Balaban J connectivity index is 1.80. The van der Waals surface area contributed by atoms with E-state index >= 15 is 0 Å². The molecule has 2 aromatic rings. The average molecular weight is 318 g/mol. The van der Waals surface area contributed by atoms with Crippen molar-refractivity contribution >= 4 is 17.7 Å². The third-order valence-corrected chi connectivity index (χ3v) is 2.96. The van der Waals surface area contributed by atoms with Gasteiger partial charge < -0.3 is 15.2 Å². The molecule has 0 radical (unpaired) electrons. The van der Waals surface area contributed by atoms with Gasteiger partial charge in [0, 0.05) is 6.42 Å². The van der Waals surface area contributed by atoms with E-state index < -0.39 is 5.97 Å². The van der Waals surface area contributed by atoms with Crippen LogP contribution in [0, 0.1) is 0 Å². The molecule has 0 aliphatic rings. The third kappa shape index (κ3) is 5.42. The maximum atomic E-state index is 11.9. The zero-order chi connectivity index (χ0) is 16.7. The van der Waals surface area contributed by atoms with Gasteiger partial charge in [0.05, 0.1) is 12.8 Å². The minimum atomic E-state index is -1.05. The summed E-state index contributed by atoms with van der Waals surface area (Å²) in [4.78, 5) is 23.4. The smallest absolute Gasteiger partial charge is 0.327 e. The summed E-state index contributed by atoms with van der Waals surface area (Å²) < 4.78 is 5.36. The fourth-order valence-electron chi connectivity index (χ4n) is 1.93. The number of aryl methyl sites for hydroxylation is 1. The zero-order valence-electron chi connectivity index (χ0n) is 12.7. The molecule has 122 valence electrons. The summed E-state index contributed by atoms with van der Waals surface area (Å²) in [5.74, 6) is -0.214. The number of hydrogen-bond acceptors (Lipinski definition) is 5. The van der Waals surface area contributed by atoms with E-state index in [0.717, 1.165) is 16.1 Å². The molecule has 0 spiro atoms. The van der Waals surface area contributed by atoms with E-state index in [1.165, 1.54) is 6.20 Å². The number of aromatic nitrogens is 3. The molecule has 0 aliphatic carbocycles. The second kappa shape index (κ2) is 7.92. The van der Waals surface area contributed by atoms with Gasteiger partial charge in [-0.05, 0) is 31.0 Å². The number of benzene rings is 1. The Hall–Kier alpha value is -2.90. The van der Waals surface area contributed by atoms with E-state index in [-0.39, 0.29) is 18.3 Å². The second-order valence-corrected chi connectivity index (χ2v) is 4.78. The molecule has 0 saturated heterocycles. The van der Waals surface area contributed by atoms with E-state index in [9.17, 15) is 9.59 Å². The number of carbonyl (C=O) groups is 2. The van der Waals surface area contributed by atoms with Crippen LogP contribution in [-0.2, 0) is 22.6 Å². The van der Waals surface area contributed by atoms with Crippen molar-refractivity contribution in [2.24, 2.45) is 0 Å². The minimum Gasteiger partial charge on any atom is -0.494 e. The van der Waals surface area contributed by atoms with Gasteiger partial charge >= 0.3 is 5.97 Å². The average Bonchev–Trinajstić information content (AvgIpc) is 2.93. The maximum absolute atomic E-state index is 11.9. The first-order valence-corrected chi connectivity index (χ1v) is 7.20. The molecule has 1 aromatic heterocycles. The van der Waals surface area contributed by atoms with Gasteiger partial charge in [-0.25, -0.2) is 0 Å². The van der Waals surface area contributed by atoms with Gasteiger partial charge in [0.15, 0.2) is 12.4 Å². The standard InChI is InChI=1S/C15H18N4O4/c1-2-23-12-6-3-11(4-7-12)5-8-14(20)17-13-9-16-19(18-13)10-15(21)22/h3-4,6-7,9H,2,5,8,10H2,1H3,(H,21,22)(H,17,18,20). The van der Waals surface area contributed by atoms with Crippen molar-refractivity contribution in [2.45, 2.75) is 26.3 Å². The molecule has 0 unspecified atom stereocenters. The number of carboxylic acid groups (broad SMARTS) is 1. The summed E-state index contributed by atoms with van der Waals surface area (Å²) >= 11 is 0. The van der Waals surface area contributed by atoms with E-state index in [1.54, 1.807) is 0 Å². The lowest BCUT2D eigenvalue weighted by atomic mass is 10.1. The van der Waals surface area contributed by atoms with Crippen molar-refractivity contribution in [1.29, 1.82) is 0 Å². The van der Waals surface area contributed by atoms with Crippen LogP contribution in [0.5, 0.6) is 5.75 Å². The molecule has 0 aliphatic heterocycles. The topological polar surface area (TPSA) is 106 Å². The normalized spacial score (nSPS) is 10.3. The highest BCUT2D eigenvalue weighted by atomic mass is 16.5. The monoisotopic (exact) mass is 318 g/mol. The largest absolute Gasteiger partial charge is 0.494 e. The van der Waals surface area contributed by atoms with Gasteiger partial charge in [-0.1, -0.05) is 12.1 Å². The molecule has 2 rings (SSSR count). The lowest BCUT2D eigenvalue weighted by Gasteiger charge is -2.05. The number of amides is 1. The molecule has 8 heteroatoms. The molecular weight excluding hydrogens is 300 g/mol. The zero-order valence-corrected chi connectivity index (χ0v) is 12.7. The molecule has 8 nitrogen and oxygen atoms in total. The number of nitrogens with zero attached hydrogens (tertiary/aromatic N) is 3. The van der Waals surface area contributed by atoms with E-state index in [4.69, 9.17) is 9.84 Å². The number of hydrogen-bond donors (Lipinski definition) is 2. The molecule has 2 N–H and O–H groups in total. The highest BCUT2D eigenvalue weighted by Crippen LogP contribution is 2.13. The van der Waals surface area contributed by atoms with E-state index in [1.807, 2.05) is 31.2 Å². The molecule has 0 saturated carbocycles. The van der Waals surface area contributed by atoms with Crippen LogP contribution in [0.1, 0.15) is 18.9 Å². The number of rotatable bonds is 8. The van der Waals surface area contributed by atoms with Crippen LogP contribution in [-0.4, -0.2) is 38.6 Å². The van der Waals surface area contributed by atoms with Crippen LogP contribution >= 0.6 is 0 Å². The first kappa shape index (κ1) is 16.5. The molecule has 1 heterocycles. The van der Waals surface area contributed by atoms with Gasteiger partial charge in [0.2, 0.25) is 5.91 Å². The molecule has 0 fully saturated rings. The van der Waals surface area contributed by atoms with Crippen LogP contribution in [0.4, 0.5) is 5.82 Å². The predicted octanol–water partition coefficient (Wildman–Crippen LogP) is 1.33. The molecular formula is C15H18N4O4. The summed E-state index contributed by atoms with van der Waals surface area (Å²) in [5, 5.41) is 18.8. The number of carboxylic acids is 1. The first-order chi connectivity index (χ1) is 11.1. The molecule has 0 bridgehead atoms. The van der Waals surface area contributed by atoms with Gasteiger partial charge in [0.1, 0.15) is 5.75 Å². The minimum absolute atomic E-state index is 0.207. The van der Waals surface area contributed by atoms with Gasteiger partial charge in [-0.3, -0.25) is 9.59 Å². The number of ether oxygens (including phenoxy) is 1. The van der Waals surface area contributed by atoms with Crippen molar-refractivity contribution in [3.05, 3.63) is 36.0 Å². The van der Waals surface area contributed by atoms with E-state index in [0.29, 0.717) is 19.4 Å². The number of nitrogens with one attached hydrogen (secondary N) is 1. The quantitative estimate of drug-likeness (QED) is 0.760. The van der Waals surface area contributed by atoms with Crippen LogP contribution in [0.25, 0.3) is 0 Å². The predicted molar refractivity (Wildman–Crippen MR) is 82.2 cm³/mol. The SMILES string of the molecule is CCOc1ccc(CCC(=O)Nc2cnn(CC(=O)O)n2)cc1. The number of aliphatic carboxylic acids is 1. The fourth-order valence-corrected chi connectivity index (χ4v) is 1.93. The number of carbonyl (C=O) groups excluding carboxylic acids is 1. The number of anilines is 1. The van der Waals surface area contributed by atoms with Crippen molar-refractivity contribution in [1.82, 2.24) is 15.0 Å². The lowest BCUT2D eigenvalue weighted by molar-refractivity contribution is -0.138. The highest BCUT2D eigenvalue weighted by Gasteiger charge is 2.08. The molecule has 23 heavy (non-hydrogen) atoms. The Bertz CT molecular complexity index is 666. The summed E-state index contributed by atoms with van der Waals surface area (Å²) in [5.41, 5.74) is 1.03. The Morgan fingerprint density at radius 1 is 1.30 bits per heavy atom. The van der Waals surface area contributed by atoms with Crippen LogP contribution in [0.2, 0.25) is 0 Å². The van der Waals surface area contributed by atoms with Gasteiger partial charge in [0.25, 0.3) is 0 Å². The molecule has 1 aromatic carbocycles. The Morgan fingerprint density at radius 3 is 2.70 bits per heavy atom. The van der Waals surface area contributed by atoms with E-state index in [2.05, 4.69) is 15.5 Å². The fraction of sp³-hybridized carbons (Fsp3) is 0.333.